The molecule has 0 unspecified atom stereocenters. The minimum Gasteiger partial charge on any atom is -0.392 e. The number of aliphatic hydroxyl groups excluding tert-OH is 1. The van der Waals surface area contributed by atoms with Gasteiger partial charge in [0.25, 0.3) is 0 Å². The Morgan fingerprint density at radius 3 is 3.00 bits per heavy atom. The molecule has 0 fully saturated rings. The molecule has 0 amide bonds. The van der Waals surface area contributed by atoms with Crippen LogP contribution in [0.3, 0.4) is 0 Å². The molecule has 0 atom stereocenters. The summed E-state index contributed by atoms with van der Waals surface area (Å²) < 4.78 is 0. The average molecular weight is 173 g/mol. The molecule has 0 radical (unpaired) electrons. The minimum absolute atomic E-state index is 0.0525. The first-order chi connectivity index (χ1) is 6.31. The number of rotatable bonds is 1. The molecule has 0 saturated heterocycles. The molecule has 0 spiro atoms. The first kappa shape index (κ1) is 8.20. The second-order valence-corrected chi connectivity index (χ2v) is 3.15. The van der Waals surface area contributed by atoms with Crippen molar-refractivity contribution in [2.24, 2.45) is 0 Å². The van der Waals surface area contributed by atoms with Gasteiger partial charge in [0.2, 0.25) is 0 Å². The van der Waals surface area contributed by atoms with Gasteiger partial charge in [0.1, 0.15) is 0 Å². The summed E-state index contributed by atoms with van der Waals surface area (Å²) in [4.78, 5) is 4.29. The molecule has 1 N–H and O–H groups in total. The lowest BCUT2D eigenvalue weighted by molar-refractivity contribution is 0.281. The van der Waals surface area contributed by atoms with Crippen LogP contribution in [-0.4, -0.2) is 10.1 Å². The van der Waals surface area contributed by atoms with Gasteiger partial charge in [0.15, 0.2) is 0 Å². The first-order valence-electron chi connectivity index (χ1n) is 4.26. The summed E-state index contributed by atoms with van der Waals surface area (Å²) in [6, 6.07) is 8.01. The van der Waals surface area contributed by atoms with E-state index in [-0.39, 0.29) is 6.61 Å². The molecular formula is C11H11NO. The fraction of sp³-hybridized carbons (Fsp3) is 0.182. The lowest BCUT2D eigenvalue weighted by Gasteiger charge is -2.02. The van der Waals surface area contributed by atoms with Crippen LogP contribution >= 0.6 is 0 Å². The second kappa shape index (κ2) is 3.15. The molecule has 0 aliphatic rings. The van der Waals surface area contributed by atoms with E-state index < -0.39 is 0 Å². The van der Waals surface area contributed by atoms with Crippen molar-refractivity contribution in [3.63, 3.8) is 0 Å². The van der Waals surface area contributed by atoms with Crippen molar-refractivity contribution >= 4 is 10.9 Å². The second-order valence-electron chi connectivity index (χ2n) is 3.15. The number of hydrogen-bond donors (Lipinski definition) is 1. The van der Waals surface area contributed by atoms with E-state index in [1.807, 2.05) is 31.2 Å². The molecule has 1 aromatic carbocycles. The number of para-hydroxylation sites is 1. The SMILES string of the molecule is Cc1cccc2cc(CO)cnc12. The van der Waals surface area contributed by atoms with Crippen LogP contribution < -0.4 is 0 Å². The summed E-state index contributed by atoms with van der Waals surface area (Å²) in [5.74, 6) is 0. The molecular weight excluding hydrogens is 162 g/mol. The summed E-state index contributed by atoms with van der Waals surface area (Å²) in [6.07, 6.45) is 1.72. The van der Waals surface area contributed by atoms with Crippen molar-refractivity contribution in [3.05, 3.63) is 41.6 Å². The fourth-order valence-corrected chi connectivity index (χ4v) is 1.45. The Morgan fingerprint density at radius 2 is 2.23 bits per heavy atom. The van der Waals surface area contributed by atoms with E-state index in [2.05, 4.69) is 4.98 Å². The van der Waals surface area contributed by atoms with Crippen molar-refractivity contribution < 1.29 is 5.11 Å². The summed E-state index contributed by atoms with van der Waals surface area (Å²) in [5, 5.41) is 10.0. The number of nitrogens with zero attached hydrogens (tertiary/aromatic N) is 1. The number of pyridine rings is 1. The van der Waals surface area contributed by atoms with Crippen LogP contribution in [0.15, 0.2) is 30.5 Å². The molecule has 2 aromatic rings. The molecule has 0 aliphatic carbocycles. The Bertz CT molecular complexity index is 437. The van der Waals surface area contributed by atoms with E-state index in [9.17, 15) is 0 Å². The Morgan fingerprint density at radius 1 is 1.38 bits per heavy atom. The van der Waals surface area contributed by atoms with E-state index in [0.717, 1.165) is 16.5 Å². The number of aromatic nitrogens is 1. The van der Waals surface area contributed by atoms with Crippen molar-refractivity contribution in [2.45, 2.75) is 13.5 Å². The third kappa shape index (κ3) is 1.40. The van der Waals surface area contributed by atoms with Gasteiger partial charge in [0.05, 0.1) is 12.1 Å². The minimum atomic E-state index is 0.0525. The number of aryl methyl sites for hydroxylation is 1. The highest BCUT2D eigenvalue weighted by Crippen LogP contribution is 2.16. The molecule has 2 rings (SSSR count). The van der Waals surface area contributed by atoms with Gasteiger partial charge >= 0.3 is 0 Å². The average Bonchev–Trinajstić information content (AvgIpc) is 2.18. The van der Waals surface area contributed by atoms with Crippen molar-refractivity contribution in [3.8, 4) is 0 Å². The molecule has 1 aromatic heterocycles. The molecule has 2 nitrogen and oxygen atoms in total. The molecule has 0 saturated carbocycles. The van der Waals surface area contributed by atoms with Gasteiger partial charge < -0.3 is 5.11 Å². The van der Waals surface area contributed by atoms with Gasteiger partial charge in [0, 0.05) is 11.6 Å². The van der Waals surface area contributed by atoms with Gasteiger partial charge in [-0.25, -0.2) is 0 Å². The van der Waals surface area contributed by atoms with E-state index in [1.165, 1.54) is 5.56 Å². The van der Waals surface area contributed by atoms with Crippen LogP contribution in [0.4, 0.5) is 0 Å². The topological polar surface area (TPSA) is 33.1 Å². The molecule has 13 heavy (non-hydrogen) atoms. The highest BCUT2D eigenvalue weighted by Gasteiger charge is 1.98. The van der Waals surface area contributed by atoms with E-state index in [4.69, 9.17) is 5.11 Å². The maximum Gasteiger partial charge on any atom is 0.0731 e. The normalized spacial score (nSPS) is 10.6. The predicted octanol–water partition coefficient (Wildman–Crippen LogP) is 2.04. The molecule has 0 bridgehead atoms. The third-order valence-corrected chi connectivity index (χ3v) is 2.15. The summed E-state index contributed by atoms with van der Waals surface area (Å²) >= 11 is 0. The highest BCUT2D eigenvalue weighted by molar-refractivity contribution is 5.81. The molecule has 0 aliphatic heterocycles. The Kier molecular flexibility index (Phi) is 1.99. The Hall–Kier alpha value is -1.41. The van der Waals surface area contributed by atoms with Crippen molar-refractivity contribution in [1.29, 1.82) is 0 Å². The molecule has 66 valence electrons. The maximum absolute atomic E-state index is 8.93. The predicted molar refractivity (Wildman–Crippen MR) is 52.4 cm³/mol. The van der Waals surface area contributed by atoms with Crippen molar-refractivity contribution in [1.82, 2.24) is 4.98 Å². The number of benzene rings is 1. The maximum atomic E-state index is 8.93. The van der Waals surface area contributed by atoms with Crippen LogP contribution in [-0.2, 0) is 6.61 Å². The van der Waals surface area contributed by atoms with Gasteiger partial charge in [-0.1, -0.05) is 18.2 Å². The van der Waals surface area contributed by atoms with E-state index in [0.29, 0.717) is 0 Å². The van der Waals surface area contributed by atoms with Crippen LogP contribution in [0.2, 0.25) is 0 Å². The smallest absolute Gasteiger partial charge is 0.0731 e. The van der Waals surface area contributed by atoms with Gasteiger partial charge in [-0.05, 0) is 24.1 Å². The largest absolute Gasteiger partial charge is 0.392 e. The van der Waals surface area contributed by atoms with Crippen LogP contribution in [0.25, 0.3) is 10.9 Å². The highest BCUT2D eigenvalue weighted by atomic mass is 16.3. The van der Waals surface area contributed by atoms with Crippen LogP contribution in [0.1, 0.15) is 11.1 Å². The molecule has 2 heteroatoms. The summed E-state index contributed by atoms with van der Waals surface area (Å²) in [6.45, 7) is 2.09. The van der Waals surface area contributed by atoms with Crippen LogP contribution in [0.5, 0.6) is 0 Å². The third-order valence-electron chi connectivity index (χ3n) is 2.15. The lowest BCUT2D eigenvalue weighted by atomic mass is 10.1. The van der Waals surface area contributed by atoms with Gasteiger partial charge in [-0.15, -0.1) is 0 Å². The summed E-state index contributed by atoms with van der Waals surface area (Å²) in [7, 11) is 0. The standard InChI is InChI=1S/C11H11NO/c1-8-3-2-4-10-5-9(7-13)6-12-11(8)10/h2-6,13H,7H2,1H3. The monoisotopic (exact) mass is 173 g/mol. The Labute approximate surface area is 76.9 Å². The zero-order valence-corrected chi connectivity index (χ0v) is 7.49. The summed E-state index contributed by atoms with van der Waals surface area (Å²) in [5.41, 5.74) is 3.04. The zero-order valence-electron chi connectivity index (χ0n) is 7.49. The number of fused-ring (bicyclic) bond motifs is 1. The fourth-order valence-electron chi connectivity index (χ4n) is 1.45. The van der Waals surface area contributed by atoms with E-state index >= 15 is 0 Å². The first-order valence-corrected chi connectivity index (χ1v) is 4.26. The quantitative estimate of drug-likeness (QED) is 0.715. The Balaban J connectivity index is 2.72. The number of aliphatic hydroxyl groups is 1. The van der Waals surface area contributed by atoms with Gasteiger partial charge in [-0.3, -0.25) is 4.98 Å². The zero-order chi connectivity index (χ0) is 9.26. The van der Waals surface area contributed by atoms with Crippen LogP contribution in [0, 0.1) is 6.92 Å². The van der Waals surface area contributed by atoms with Gasteiger partial charge in [-0.2, -0.15) is 0 Å². The number of hydrogen-bond acceptors (Lipinski definition) is 2. The van der Waals surface area contributed by atoms with E-state index in [1.54, 1.807) is 6.20 Å². The lowest BCUT2D eigenvalue weighted by Crippen LogP contribution is -1.88. The molecule has 1 heterocycles. The van der Waals surface area contributed by atoms with Crippen molar-refractivity contribution in [2.75, 3.05) is 0 Å².